The monoisotopic (exact) mass is 480 g/mol. The summed E-state index contributed by atoms with van der Waals surface area (Å²) in [4.78, 5) is 39.2. The Hall–Kier alpha value is -1.83. The number of imide groups is 1. The molecule has 9 heteroatoms. The first kappa shape index (κ1) is 23.3. The summed E-state index contributed by atoms with van der Waals surface area (Å²) in [6.07, 6.45) is 6.89. The molecule has 0 spiro atoms. The summed E-state index contributed by atoms with van der Waals surface area (Å²) < 4.78 is 0. The lowest BCUT2D eigenvalue weighted by Gasteiger charge is -2.56. The van der Waals surface area contributed by atoms with E-state index in [2.05, 4.69) is 16.0 Å². The molecule has 4 amide bonds. The van der Waals surface area contributed by atoms with Crippen LogP contribution < -0.4 is 16.0 Å². The van der Waals surface area contributed by atoms with Crippen LogP contribution in [0.15, 0.2) is 18.2 Å². The minimum Gasteiger partial charge on any atom is -0.332 e. The van der Waals surface area contributed by atoms with Gasteiger partial charge in [-0.1, -0.05) is 29.3 Å². The molecule has 4 saturated carbocycles. The Morgan fingerprint density at radius 2 is 1.59 bits per heavy atom. The van der Waals surface area contributed by atoms with E-state index < -0.39 is 18.0 Å². The van der Waals surface area contributed by atoms with Crippen LogP contribution >= 0.6 is 23.2 Å². The zero-order valence-electron chi connectivity index (χ0n) is 18.4. The number of benzene rings is 1. The fourth-order valence-electron chi connectivity index (χ4n) is 6.11. The van der Waals surface area contributed by atoms with Crippen LogP contribution in [0, 0.1) is 17.8 Å². The molecule has 7 nitrogen and oxygen atoms in total. The second-order valence-corrected chi connectivity index (χ2v) is 10.7. The molecule has 174 valence electrons. The zero-order valence-corrected chi connectivity index (χ0v) is 19.9. The van der Waals surface area contributed by atoms with Crippen LogP contribution in [0.4, 0.5) is 10.5 Å². The van der Waals surface area contributed by atoms with Gasteiger partial charge in [-0.2, -0.15) is 0 Å². The molecule has 5 rings (SSSR count). The van der Waals surface area contributed by atoms with Crippen molar-refractivity contribution < 1.29 is 14.4 Å². The lowest BCUT2D eigenvalue weighted by atomic mass is 9.53. The number of likely N-dealkylation sites (N-methyl/N-ethyl adjacent to an activating group) is 1. The van der Waals surface area contributed by atoms with Gasteiger partial charge in [0, 0.05) is 5.54 Å². The van der Waals surface area contributed by atoms with Gasteiger partial charge in [0.25, 0.3) is 0 Å². The molecule has 0 aliphatic heterocycles. The normalized spacial score (nSPS) is 29.0. The van der Waals surface area contributed by atoms with Crippen molar-refractivity contribution >= 4 is 46.7 Å². The van der Waals surface area contributed by atoms with Gasteiger partial charge in [0.05, 0.1) is 28.3 Å². The molecule has 1 aromatic carbocycles. The van der Waals surface area contributed by atoms with Crippen molar-refractivity contribution in [2.24, 2.45) is 17.8 Å². The number of halogens is 2. The maximum Gasteiger partial charge on any atom is 0.321 e. The Morgan fingerprint density at radius 1 is 1.06 bits per heavy atom. The summed E-state index contributed by atoms with van der Waals surface area (Å²) >= 11 is 12.2. The fourth-order valence-corrected chi connectivity index (χ4v) is 6.60. The van der Waals surface area contributed by atoms with Crippen molar-refractivity contribution in [2.45, 2.75) is 57.0 Å². The highest BCUT2D eigenvalue weighted by Crippen LogP contribution is 2.55. The van der Waals surface area contributed by atoms with Crippen LogP contribution in [0.2, 0.25) is 10.0 Å². The molecule has 1 aromatic rings. The molecule has 0 heterocycles. The topological polar surface area (TPSA) is 90.5 Å². The number of anilines is 1. The second kappa shape index (κ2) is 9.20. The molecule has 4 aliphatic carbocycles. The standard InChI is InChI=1S/C23H30Cl2N4O3/c1-13(29(2)12-19(30)26-20-17(24)4-3-5-18(20)25)21(31)27-22(32)28-23-9-14-6-15(10-23)8-16(7-14)11-23/h3-5,13-16H,6-12H2,1-2H3,(H,26,30)(H2,27,28,31,32). The maximum atomic E-state index is 12.6. The summed E-state index contributed by atoms with van der Waals surface area (Å²) in [7, 11) is 1.65. The van der Waals surface area contributed by atoms with Crippen LogP contribution in [-0.2, 0) is 9.59 Å². The van der Waals surface area contributed by atoms with Crippen molar-refractivity contribution in [1.82, 2.24) is 15.5 Å². The predicted octanol–water partition coefficient (Wildman–Crippen LogP) is 4.05. The minimum absolute atomic E-state index is 0.0628. The molecule has 0 radical (unpaired) electrons. The van der Waals surface area contributed by atoms with Gasteiger partial charge in [0.15, 0.2) is 0 Å². The van der Waals surface area contributed by atoms with Gasteiger partial charge in [-0.05, 0) is 82.4 Å². The molecular formula is C23H30Cl2N4O3. The first-order chi connectivity index (χ1) is 15.1. The number of urea groups is 1. The number of rotatable bonds is 6. The molecular weight excluding hydrogens is 451 g/mol. The number of nitrogens with zero attached hydrogens (tertiary/aromatic N) is 1. The van der Waals surface area contributed by atoms with E-state index in [0.717, 1.165) is 19.3 Å². The number of nitrogens with one attached hydrogen (secondary N) is 3. The summed E-state index contributed by atoms with van der Waals surface area (Å²) in [5.41, 5.74) is 0.170. The quantitative estimate of drug-likeness (QED) is 0.572. The lowest BCUT2D eigenvalue weighted by molar-refractivity contribution is -0.125. The third kappa shape index (κ3) is 5.05. The van der Waals surface area contributed by atoms with Gasteiger partial charge in [0.1, 0.15) is 0 Å². The van der Waals surface area contributed by atoms with E-state index in [1.807, 2.05) is 0 Å². The van der Waals surface area contributed by atoms with Crippen LogP contribution in [0.5, 0.6) is 0 Å². The van der Waals surface area contributed by atoms with Gasteiger partial charge in [-0.3, -0.25) is 19.8 Å². The highest BCUT2D eigenvalue weighted by molar-refractivity contribution is 6.39. The van der Waals surface area contributed by atoms with Gasteiger partial charge >= 0.3 is 6.03 Å². The van der Waals surface area contributed by atoms with E-state index in [1.165, 1.54) is 19.3 Å². The second-order valence-electron chi connectivity index (χ2n) is 9.88. The van der Waals surface area contributed by atoms with Gasteiger partial charge < -0.3 is 10.6 Å². The van der Waals surface area contributed by atoms with E-state index in [9.17, 15) is 14.4 Å². The lowest BCUT2D eigenvalue weighted by Crippen LogP contribution is -2.62. The van der Waals surface area contributed by atoms with E-state index >= 15 is 0 Å². The number of para-hydroxylation sites is 1. The average molecular weight is 481 g/mol. The first-order valence-corrected chi connectivity index (χ1v) is 12.0. The molecule has 3 N–H and O–H groups in total. The molecule has 32 heavy (non-hydrogen) atoms. The van der Waals surface area contributed by atoms with Crippen molar-refractivity contribution in [3.8, 4) is 0 Å². The van der Waals surface area contributed by atoms with Crippen molar-refractivity contribution in [1.29, 1.82) is 0 Å². The van der Waals surface area contributed by atoms with E-state index in [4.69, 9.17) is 23.2 Å². The highest BCUT2D eigenvalue weighted by Gasteiger charge is 2.51. The Morgan fingerprint density at radius 3 is 2.12 bits per heavy atom. The average Bonchev–Trinajstić information content (AvgIpc) is 2.68. The molecule has 1 atom stereocenters. The summed E-state index contributed by atoms with van der Waals surface area (Å²) in [6, 6.07) is 3.83. The molecule has 4 aliphatic rings. The Labute approximate surface area is 198 Å². The van der Waals surface area contributed by atoms with Crippen molar-refractivity contribution in [2.75, 3.05) is 18.9 Å². The van der Waals surface area contributed by atoms with Crippen LogP contribution in [0.1, 0.15) is 45.4 Å². The SMILES string of the molecule is CC(C(=O)NC(=O)NC12CC3CC(CC(C3)C1)C2)N(C)CC(=O)Nc1c(Cl)cccc1Cl. The first-order valence-electron chi connectivity index (χ1n) is 11.2. The maximum absolute atomic E-state index is 12.6. The van der Waals surface area contributed by atoms with Crippen molar-refractivity contribution in [3.63, 3.8) is 0 Å². The number of amides is 4. The van der Waals surface area contributed by atoms with Gasteiger partial charge in [0.2, 0.25) is 11.8 Å². The molecule has 1 unspecified atom stereocenters. The van der Waals surface area contributed by atoms with Gasteiger partial charge in [-0.15, -0.1) is 0 Å². The Bertz CT molecular complexity index is 867. The Balaban J connectivity index is 1.27. The third-order valence-electron chi connectivity index (χ3n) is 7.31. The fraction of sp³-hybridized carbons (Fsp3) is 0.609. The minimum atomic E-state index is -0.676. The third-order valence-corrected chi connectivity index (χ3v) is 7.94. The predicted molar refractivity (Wildman–Crippen MR) is 125 cm³/mol. The van der Waals surface area contributed by atoms with Gasteiger partial charge in [-0.25, -0.2) is 4.79 Å². The molecule has 0 aromatic heterocycles. The smallest absolute Gasteiger partial charge is 0.321 e. The number of hydrogen-bond acceptors (Lipinski definition) is 4. The molecule has 0 saturated heterocycles. The van der Waals surface area contributed by atoms with E-state index in [-0.39, 0.29) is 18.0 Å². The summed E-state index contributed by atoms with van der Waals surface area (Å²) in [5.74, 6) is 1.30. The van der Waals surface area contributed by atoms with Crippen LogP contribution in [0.25, 0.3) is 0 Å². The summed E-state index contributed by atoms with van der Waals surface area (Å²) in [5, 5.41) is 8.95. The number of carbonyl (C=O) groups is 3. The van der Waals surface area contributed by atoms with E-state index in [0.29, 0.717) is 33.5 Å². The Kier molecular flexibility index (Phi) is 6.71. The van der Waals surface area contributed by atoms with Crippen LogP contribution in [-0.4, -0.2) is 47.9 Å². The van der Waals surface area contributed by atoms with Crippen molar-refractivity contribution in [3.05, 3.63) is 28.2 Å². The number of carbonyl (C=O) groups excluding carboxylic acids is 3. The highest BCUT2D eigenvalue weighted by atomic mass is 35.5. The summed E-state index contributed by atoms with van der Waals surface area (Å²) in [6.45, 7) is 1.59. The molecule has 4 bridgehead atoms. The number of hydrogen-bond donors (Lipinski definition) is 3. The molecule has 4 fully saturated rings. The van der Waals surface area contributed by atoms with Crippen LogP contribution in [0.3, 0.4) is 0 Å². The zero-order chi connectivity index (χ0) is 23.0. The van der Waals surface area contributed by atoms with E-state index in [1.54, 1.807) is 37.1 Å². The largest absolute Gasteiger partial charge is 0.332 e.